The molecule has 6 nitrogen and oxygen atoms in total. The summed E-state index contributed by atoms with van der Waals surface area (Å²) in [6.07, 6.45) is 4.09. The van der Waals surface area contributed by atoms with Crippen LogP contribution in [0.2, 0.25) is 0 Å². The van der Waals surface area contributed by atoms with Crippen LogP contribution in [0.4, 0.5) is 5.69 Å². The van der Waals surface area contributed by atoms with Gasteiger partial charge in [0, 0.05) is 12.0 Å². The average molecular weight is 278 g/mol. The second kappa shape index (κ2) is 6.36. The van der Waals surface area contributed by atoms with Gasteiger partial charge in [-0.2, -0.15) is 0 Å². The third kappa shape index (κ3) is 3.46. The fourth-order valence-electron chi connectivity index (χ4n) is 2.47. The van der Waals surface area contributed by atoms with E-state index in [1.807, 2.05) is 0 Å². The Morgan fingerprint density at radius 1 is 1.35 bits per heavy atom. The molecule has 1 fully saturated rings. The summed E-state index contributed by atoms with van der Waals surface area (Å²) in [6, 6.07) is 3.37. The number of hydrogen-bond donors (Lipinski definition) is 2. The number of nitrogens with one attached hydrogen (secondary N) is 1. The zero-order valence-electron chi connectivity index (χ0n) is 11.3. The van der Waals surface area contributed by atoms with Crippen LogP contribution in [0, 0.1) is 11.8 Å². The molecule has 0 aliphatic heterocycles. The first-order valence-electron chi connectivity index (χ1n) is 6.64. The smallest absolute Gasteiger partial charge is 0.306 e. The van der Waals surface area contributed by atoms with Gasteiger partial charge in [0.05, 0.1) is 24.9 Å². The maximum atomic E-state index is 12.1. The number of carbonyl (C=O) groups is 2. The number of pyridine rings is 1. The molecule has 0 bridgehead atoms. The number of aliphatic carboxylic acids is 1. The lowest BCUT2D eigenvalue weighted by atomic mass is 9.81. The molecule has 2 unspecified atom stereocenters. The number of anilines is 1. The van der Waals surface area contributed by atoms with Crippen LogP contribution >= 0.6 is 0 Å². The number of methoxy groups -OCH3 is 1. The molecule has 1 aliphatic rings. The van der Waals surface area contributed by atoms with E-state index in [0.29, 0.717) is 24.4 Å². The first kappa shape index (κ1) is 14.3. The molecule has 0 saturated heterocycles. The molecule has 0 aromatic carbocycles. The fourth-order valence-corrected chi connectivity index (χ4v) is 2.47. The van der Waals surface area contributed by atoms with Crippen molar-refractivity contribution in [2.24, 2.45) is 11.8 Å². The summed E-state index contributed by atoms with van der Waals surface area (Å²) in [6.45, 7) is 0. The topological polar surface area (TPSA) is 88.5 Å². The third-order valence-electron chi connectivity index (χ3n) is 3.61. The monoisotopic (exact) mass is 278 g/mol. The van der Waals surface area contributed by atoms with Crippen LogP contribution in [0.3, 0.4) is 0 Å². The van der Waals surface area contributed by atoms with Crippen LogP contribution in [0.15, 0.2) is 18.3 Å². The van der Waals surface area contributed by atoms with Crippen molar-refractivity contribution in [3.05, 3.63) is 18.3 Å². The van der Waals surface area contributed by atoms with Gasteiger partial charge < -0.3 is 15.2 Å². The minimum absolute atomic E-state index is 0.136. The highest BCUT2D eigenvalue weighted by Gasteiger charge is 2.30. The van der Waals surface area contributed by atoms with E-state index in [2.05, 4.69) is 10.3 Å². The van der Waals surface area contributed by atoms with Gasteiger partial charge in [0.1, 0.15) is 0 Å². The maximum Gasteiger partial charge on any atom is 0.306 e. The summed E-state index contributed by atoms with van der Waals surface area (Å²) in [5.74, 6) is -1.12. The van der Waals surface area contributed by atoms with Crippen LogP contribution in [-0.4, -0.2) is 29.1 Å². The van der Waals surface area contributed by atoms with Crippen molar-refractivity contribution in [1.82, 2.24) is 4.98 Å². The molecule has 0 radical (unpaired) electrons. The summed E-state index contributed by atoms with van der Waals surface area (Å²) in [7, 11) is 1.52. The van der Waals surface area contributed by atoms with Crippen LogP contribution < -0.4 is 10.1 Å². The number of carboxylic acids is 1. The number of amides is 1. The lowest BCUT2D eigenvalue weighted by molar-refractivity contribution is -0.143. The molecule has 1 saturated carbocycles. The Bertz CT molecular complexity index is 486. The fraction of sp³-hybridized carbons (Fsp3) is 0.500. The Morgan fingerprint density at radius 2 is 2.10 bits per heavy atom. The number of hydrogen-bond acceptors (Lipinski definition) is 4. The van der Waals surface area contributed by atoms with E-state index in [1.54, 1.807) is 12.1 Å². The first-order valence-corrected chi connectivity index (χ1v) is 6.64. The number of carbonyl (C=O) groups excluding carboxylic acids is 1. The highest BCUT2D eigenvalue weighted by atomic mass is 16.5. The molecular formula is C14H18N2O4. The molecule has 1 heterocycles. The van der Waals surface area contributed by atoms with Crippen LogP contribution in [-0.2, 0) is 9.59 Å². The molecule has 108 valence electrons. The largest absolute Gasteiger partial charge is 0.481 e. The van der Waals surface area contributed by atoms with Gasteiger partial charge in [0.2, 0.25) is 11.8 Å². The molecule has 2 rings (SSSR count). The van der Waals surface area contributed by atoms with Gasteiger partial charge in [-0.25, -0.2) is 4.98 Å². The van der Waals surface area contributed by atoms with E-state index in [1.165, 1.54) is 13.3 Å². The minimum Gasteiger partial charge on any atom is -0.481 e. The van der Waals surface area contributed by atoms with Gasteiger partial charge in [-0.3, -0.25) is 9.59 Å². The second-order valence-electron chi connectivity index (χ2n) is 4.98. The molecule has 1 aliphatic carbocycles. The van der Waals surface area contributed by atoms with Crippen molar-refractivity contribution < 1.29 is 19.4 Å². The lowest BCUT2D eigenvalue weighted by Gasteiger charge is -2.25. The quantitative estimate of drug-likeness (QED) is 0.878. The van der Waals surface area contributed by atoms with Crippen molar-refractivity contribution in [1.29, 1.82) is 0 Å². The van der Waals surface area contributed by atoms with Crippen molar-refractivity contribution >= 4 is 17.6 Å². The van der Waals surface area contributed by atoms with Crippen molar-refractivity contribution in [2.75, 3.05) is 12.4 Å². The van der Waals surface area contributed by atoms with Crippen molar-refractivity contribution in [2.45, 2.75) is 25.7 Å². The third-order valence-corrected chi connectivity index (χ3v) is 3.61. The molecule has 6 heteroatoms. The zero-order chi connectivity index (χ0) is 14.5. The van der Waals surface area contributed by atoms with E-state index in [9.17, 15) is 9.59 Å². The van der Waals surface area contributed by atoms with Gasteiger partial charge in [0.25, 0.3) is 0 Å². The first-order chi connectivity index (χ1) is 9.60. The Hall–Kier alpha value is -2.11. The van der Waals surface area contributed by atoms with Gasteiger partial charge in [-0.1, -0.05) is 6.42 Å². The number of aromatic nitrogens is 1. The van der Waals surface area contributed by atoms with Gasteiger partial charge in [-0.05, 0) is 25.3 Å². The van der Waals surface area contributed by atoms with Crippen LogP contribution in [0.25, 0.3) is 0 Å². The Labute approximate surface area is 117 Å². The van der Waals surface area contributed by atoms with E-state index < -0.39 is 11.9 Å². The van der Waals surface area contributed by atoms with Crippen LogP contribution in [0.5, 0.6) is 5.88 Å². The summed E-state index contributed by atoms with van der Waals surface area (Å²) in [4.78, 5) is 27.1. The van der Waals surface area contributed by atoms with Crippen molar-refractivity contribution in [3.8, 4) is 5.88 Å². The normalized spacial score (nSPS) is 22.1. The van der Waals surface area contributed by atoms with E-state index in [0.717, 1.165) is 12.8 Å². The zero-order valence-corrected chi connectivity index (χ0v) is 11.3. The van der Waals surface area contributed by atoms with Gasteiger partial charge in [0.15, 0.2) is 0 Å². The van der Waals surface area contributed by atoms with Gasteiger partial charge in [-0.15, -0.1) is 0 Å². The number of rotatable bonds is 4. The summed E-state index contributed by atoms with van der Waals surface area (Å²) >= 11 is 0. The molecule has 2 atom stereocenters. The standard InChI is InChI=1S/C14H18N2O4/c1-20-12-6-5-11(8-15-12)16-13(17)9-3-2-4-10(7-9)14(18)19/h5-6,8-10H,2-4,7H2,1H3,(H,16,17)(H,18,19). The average Bonchev–Trinajstić information content (AvgIpc) is 2.48. The SMILES string of the molecule is COc1ccc(NC(=O)C2CCCC(C(=O)O)C2)cn1. The predicted octanol–water partition coefficient (Wildman–Crippen LogP) is 1.92. The number of carboxylic acid groups (broad SMARTS) is 1. The summed E-state index contributed by atoms with van der Waals surface area (Å²) in [5, 5.41) is 11.8. The van der Waals surface area contributed by atoms with E-state index in [4.69, 9.17) is 9.84 Å². The summed E-state index contributed by atoms with van der Waals surface area (Å²) < 4.78 is 4.94. The molecule has 20 heavy (non-hydrogen) atoms. The number of ether oxygens (including phenoxy) is 1. The molecule has 1 aromatic rings. The predicted molar refractivity (Wildman–Crippen MR) is 72.5 cm³/mol. The maximum absolute atomic E-state index is 12.1. The molecular weight excluding hydrogens is 260 g/mol. The molecule has 1 amide bonds. The molecule has 1 aromatic heterocycles. The van der Waals surface area contributed by atoms with Crippen LogP contribution in [0.1, 0.15) is 25.7 Å². The summed E-state index contributed by atoms with van der Waals surface area (Å²) in [5.41, 5.74) is 0.591. The Balaban J connectivity index is 1.95. The Kier molecular flexibility index (Phi) is 4.55. The van der Waals surface area contributed by atoms with E-state index in [-0.39, 0.29) is 11.8 Å². The molecule has 2 N–H and O–H groups in total. The van der Waals surface area contributed by atoms with E-state index >= 15 is 0 Å². The minimum atomic E-state index is -0.811. The second-order valence-corrected chi connectivity index (χ2v) is 4.98. The van der Waals surface area contributed by atoms with Gasteiger partial charge >= 0.3 is 5.97 Å². The highest BCUT2D eigenvalue weighted by molar-refractivity contribution is 5.92. The lowest BCUT2D eigenvalue weighted by Crippen LogP contribution is -2.30. The molecule has 0 spiro atoms. The number of nitrogens with zero attached hydrogens (tertiary/aromatic N) is 1. The van der Waals surface area contributed by atoms with Crippen molar-refractivity contribution in [3.63, 3.8) is 0 Å². The Morgan fingerprint density at radius 3 is 2.70 bits per heavy atom. The highest BCUT2D eigenvalue weighted by Crippen LogP contribution is 2.30.